The fraction of sp³-hybridized carbons (Fsp3) is 0.300. The number of rotatable bonds is 7. The Hall–Kier alpha value is -2.27. The second kappa shape index (κ2) is 9.89. The molecule has 2 rings (SSSR count). The van der Waals surface area contributed by atoms with Crippen LogP contribution in [0, 0.1) is 0 Å². The summed E-state index contributed by atoms with van der Waals surface area (Å²) in [6.07, 6.45) is 8.28. The van der Waals surface area contributed by atoms with E-state index in [1.54, 1.807) is 0 Å². The number of pyridine rings is 1. The smallest absolute Gasteiger partial charge is 0.367 e. The van der Waals surface area contributed by atoms with Crippen LogP contribution in [0.3, 0.4) is 0 Å². The zero-order valence-electron chi connectivity index (χ0n) is 15.0. The molecule has 5 heteroatoms. The van der Waals surface area contributed by atoms with Gasteiger partial charge in [-0.25, -0.2) is 9.36 Å². The highest BCUT2D eigenvalue weighted by Gasteiger charge is 2.05. The minimum absolute atomic E-state index is 0.203. The van der Waals surface area contributed by atoms with Gasteiger partial charge in [0.25, 0.3) is 0 Å². The zero-order valence-corrected chi connectivity index (χ0v) is 15.8. The molecule has 0 radical (unpaired) electrons. The number of anilines is 1. The molecule has 0 aliphatic carbocycles. The van der Waals surface area contributed by atoms with E-state index < -0.39 is 0 Å². The Kier molecular flexibility index (Phi) is 7.54. The molecule has 0 bridgehead atoms. The third-order valence-electron chi connectivity index (χ3n) is 3.72. The van der Waals surface area contributed by atoms with Crippen LogP contribution in [-0.4, -0.2) is 31.3 Å². The van der Waals surface area contributed by atoms with Crippen LogP contribution in [0.4, 0.5) is 10.5 Å². The predicted octanol–water partition coefficient (Wildman–Crippen LogP) is 4.01. The molecule has 1 heterocycles. The normalized spacial score (nSPS) is 10.8. The number of nitrogens with zero attached hydrogens (tertiary/aromatic N) is 2. The highest BCUT2D eigenvalue weighted by molar-refractivity contribution is 8.13. The number of benzene rings is 1. The Morgan fingerprint density at radius 3 is 2.32 bits per heavy atom. The van der Waals surface area contributed by atoms with Crippen LogP contribution in [0.1, 0.15) is 18.1 Å². The molecule has 0 unspecified atom stereocenters. The van der Waals surface area contributed by atoms with Crippen LogP contribution in [0.15, 0.2) is 48.8 Å². The van der Waals surface area contributed by atoms with Gasteiger partial charge >= 0.3 is 5.30 Å². The number of thioether (sulfide) groups is 1. The van der Waals surface area contributed by atoms with Gasteiger partial charge in [0, 0.05) is 37.2 Å². The standard InChI is InChI=1S/C20H25N2O2S/c1-4-24-20(23)25-16-15-22(3)19-9-7-17(8-10-19)5-6-18-11-13-21(2)14-12-18/h5-14H,4,15-16H2,1-3H3/q+1. The number of hydrogen-bond donors (Lipinski definition) is 0. The largest absolute Gasteiger partial charge is 0.458 e. The van der Waals surface area contributed by atoms with E-state index in [0.29, 0.717) is 12.4 Å². The summed E-state index contributed by atoms with van der Waals surface area (Å²) in [5.74, 6) is 0.711. The summed E-state index contributed by atoms with van der Waals surface area (Å²) in [5, 5.41) is -0.203. The summed E-state index contributed by atoms with van der Waals surface area (Å²) >= 11 is 1.22. The monoisotopic (exact) mass is 357 g/mol. The van der Waals surface area contributed by atoms with Gasteiger partial charge in [0.15, 0.2) is 12.4 Å². The number of carbonyl (C=O) groups excluding carboxylic acids is 1. The van der Waals surface area contributed by atoms with Gasteiger partial charge in [0.1, 0.15) is 7.05 Å². The fourth-order valence-corrected chi connectivity index (χ4v) is 2.94. The molecule has 0 aliphatic heterocycles. The molecule has 1 aromatic carbocycles. The number of carbonyl (C=O) groups is 1. The first-order valence-electron chi connectivity index (χ1n) is 8.32. The van der Waals surface area contributed by atoms with Gasteiger partial charge in [-0.05, 0) is 41.9 Å². The lowest BCUT2D eigenvalue weighted by atomic mass is 10.1. The Balaban J connectivity index is 1.86. The van der Waals surface area contributed by atoms with Crippen molar-refractivity contribution in [2.24, 2.45) is 7.05 Å². The summed E-state index contributed by atoms with van der Waals surface area (Å²) < 4.78 is 6.93. The van der Waals surface area contributed by atoms with Gasteiger partial charge in [-0.1, -0.05) is 24.3 Å². The quantitative estimate of drug-likeness (QED) is 0.554. The Labute approximate surface area is 154 Å². The van der Waals surface area contributed by atoms with Crippen molar-refractivity contribution in [3.05, 3.63) is 59.9 Å². The molecule has 0 aliphatic rings. The molecule has 0 N–H and O–H groups in total. The maximum absolute atomic E-state index is 11.3. The van der Waals surface area contributed by atoms with Crippen molar-refractivity contribution in [1.29, 1.82) is 0 Å². The molecule has 1 aromatic heterocycles. The lowest BCUT2D eigenvalue weighted by Gasteiger charge is -2.18. The van der Waals surface area contributed by atoms with Crippen molar-refractivity contribution in [3.63, 3.8) is 0 Å². The number of aryl methyl sites for hydroxylation is 1. The summed E-state index contributed by atoms with van der Waals surface area (Å²) in [5.41, 5.74) is 3.47. The summed E-state index contributed by atoms with van der Waals surface area (Å²) in [4.78, 5) is 13.5. The Morgan fingerprint density at radius 1 is 1.12 bits per heavy atom. The summed E-state index contributed by atoms with van der Waals surface area (Å²) in [7, 11) is 4.04. The van der Waals surface area contributed by atoms with Crippen LogP contribution in [0.25, 0.3) is 12.2 Å². The lowest BCUT2D eigenvalue weighted by Crippen LogP contribution is -2.25. The molecule has 0 saturated heterocycles. The van der Waals surface area contributed by atoms with Crippen molar-refractivity contribution in [3.8, 4) is 0 Å². The number of aromatic nitrogens is 1. The molecular formula is C20H25N2O2S+. The van der Waals surface area contributed by atoms with Crippen molar-refractivity contribution in [2.45, 2.75) is 6.92 Å². The highest BCUT2D eigenvalue weighted by atomic mass is 32.2. The van der Waals surface area contributed by atoms with Crippen molar-refractivity contribution in [1.82, 2.24) is 0 Å². The minimum atomic E-state index is -0.203. The number of hydrogen-bond acceptors (Lipinski definition) is 4. The highest BCUT2D eigenvalue weighted by Crippen LogP contribution is 2.16. The van der Waals surface area contributed by atoms with Gasteiger partial charge in [0.2, 0.25) is 0 Å². The van der Waals surface area contributed by atoms with Crippen LogP contribution in [0.2, 0.25) is 0 Å². The second-order valence-electron chi connectivity index (χ2n) is 5.67. The third-order valence-corrected chi connectivity index (χ3v) is 4.46. The molecule has 0 spiro atoms. The molecule has 25 heavy (non-hydrogen) atoms. The van der Waals surface area contributed by atoms with E-state index in [1.165, 1.54) is 17.3 Å². The van der Waals surface area contributed by atoms with E-state index in [2.05, 4.69) is 53.5 Å². The zero-order chi connectivity index (χ0) is 18.1. The first kappa shape index (κ1) is 19.1. The van der Waals surface area contributed by atoms with E-state index in [0.717, 1.165) is 17.8 Å². The fourth-order valence-electron chi connectivity index (χ4n) is 2.21. The maximum atomic E-state index is 11.3. The van der Waals surface area contributed by atoms with E-state index in [4.69, 9.17) is 4.74 Å². The van der Waals surface area contributed by atoms with Crippen LogP contribution in [0.5, 0.6) is 0 Å². The van der Waals surface area contributed by atoms with Gasteiger partial charge in [-0.15, -0.1) is 0 Å². The Bertz CT molecular complexity index is 697. The number of ether oxygens (including phenoxy) is 1. The summed E-state index contributed by atoms with van der Waals surface area (Å²) in [6, 6.07) is 12.6. The van der Waals surface area contributed by atoms with E-state index in [1.807, 2.05) is 38.0 Å². The molecule has 132 valence electrons. The third kappa shape index (κ3) is 6.63. The molecule has 4 nitrogen and oxygen atoms in total. The van der Waals surface area contributed by atoms with Crippen molar-refractivity contribution >= 4 is 34.9 Å². The van der Waals surface area contributed by atoms with Crippen molar-refractivity contribution in [2.75, 3.05) is 30.9 Å². The first-order chi connectivity index (χ1) is 12.1. The molecule has 0 amide bonds. The average molecular weight is 357 g/mol. The van der Waals surface area contributed by atoms with Gasteiger partial charge in [-0.2, -0.15) is 0 Å². The molecule has 0 fully saturated rings. The van der Waals surface area contributed by atoms with E-state index >= 15 is 0 Å². The molecule has 0 atom stereocenters. The maximum Gasteiger partial charge on any atom is 0.367 e. The topological polar surface area (TPSA) is 33.4 Å². The van der Waals surface area contributed by atoms with E-state index in [-0.39, 0.29) is 5.30 Å². The molecule has 0 saturated carbocycles. The first-order valence-corrected chi connectivity index (χ1v) is 9.31. The van der Waals surface area contributed by atoms with Gasteiger partial charge in [-0.3, -0.25) is 0 Å². The van der Waals surface area contributed by atoms with Crippen LogP contribution >= 0.6 is 11.8 Å². The van der Waals surface area contributed by atoms with Gasteiger partial charge in [0.05, 0.1) is 6.61 Å². The van der Waals surface area contributed by atoms with Gasteiger partial charge < -0.3 is 9.64 Å². The Morgan fingerprint density at radius 2 is 1.72 bits per heavy atom. The molecule has 2 aromatic rings. The van der Waals surface area contributed by atoms with Crippen molar-refractivity contribution < 1.29 is 14.1 Å². The average Bonchev–Trinajstić information content (AvgIpc) is 2.62. The SMILES string of the molecule is CCOC(=O)SCCN(C)c1ccc(C=Cc2cc[n+](C)cc2)cc1. The predicted molar refractivity (Wildman–Crippen MR) is 106 cm³/mol. The van der Waals surface area contributed by atoms with Crippen LogP contribution < -0.4 is 9.47 Å². The van der Waals surface area contributed by atoms with Crippen LogP contribution in [-0.2, 0) is 11.8 Å². The second-order valence-corrected chi connectivity index (χ2v) is 6.71. The summed E-state index contributed by atoms with van der Waals surface area (Å²) in [6.45, 7) is 3.04. The lowest BCUT2D eigenvalue weighted by molar-refractivity contribution is -0.671. The van der Waals surface area contributed by atoms with E-state index in [9.17, 15) is 4.79 Å². The minimum Gasteiger partial charge on any atom is -0.458 e. The molecular weight excluding hydrogens is 332 g/mol.